The fraction of sp³-hybridized carbons (Fsp3) is 0.143. The van der Waals surface area contributed by atoms with Crippen molar-refractivity contribution in [3.05, 3.63) is 17.7 Å². The Morgan fingerprint density at radius 3 is 1.94 bits per heavy atom. The van der Waals surface area contributed by atoms with Gasteiger partial charge in [-0.25, -0.2) is 16.8 Å². The molecule has 16 heavy (non-hydrogen) atoms. The van der Waals surface area contributed by atoms with Crippen molar-refractivity contribution in [1.29, 1.82) is 0 Å². The second-order valence-corrected chi connectivity index (χ2v) is 7.95. The Hall–Kier alpha value is -0.500. The van der Waals surface area contributed by atoms with Gasteiger partial charge >= 0.3 is 0 Å². The highest BCUT2D eigenvalue weighted by Crippen LogP contribution is 2.34. The summed E-state index contributed by atoms with van der Waals surface area (Å²) in [5, 5.41) is 9.29. The molecular weight excluding hydrogens is 299 g/mol. The molecule has 90 valence electrons. The van der Waals surface area contributed by atoms with E-state index in [2.05, 4.69) is 0 Å². The Morgan fingerprint density at radius 1 is 1.06 bits per heavy atom. The largest absolute Gasteiger partial charge is 0.508 e. The topological polar surface area (TPSA) is 88.5 Å². The normalized spacial score (nSPS) is 12.7. The second-order valence-electron chi connectivity index (χ2n) is 2.91. The van der Waals surface area contributed by atoms with Gasteiger partial charge in [0.15, 0.2) is 0 Å². The molecule has 0 saturated heterocycles. The summed E-state index contributed by atoms with van der Waals surface area (Å²) in [5.41, 5.74) is -0.170. The lowest BCUT2D eigenvalue weighted by atomic mass is 10.2. The zero-order valence-corrected chi connectivity index (χ0v) is 11.0. The van der Waals surface area contributed by atoms with Crippen LogP contribution >= 0.6 is 21.4 Å². The van der Waals surface area contributed by atoms with Gasteiger partial charge in [0.1, 0.15) is 15.5 Å². The van der Waals surface area contributed by atoms with Crippen molar-refractivity contribution >= 4 is 39.5 Å². The highest BCUT2D eigenvalue weighted by molar-refractivity contribution is 8.16. The van der Waals surface area contributed by atoms with E-state index in [9.17, 15) is 21.9 Å². The van der Waals surface area contributed by atoms with E-state index in [1.165, 1.54) is 6.92 Å². The molecule has 0 aliphatic rings. The lowest BCUT2D eigenvalue weighted by Gasteiger charge is -2.08. The number of rotatable bonds is 2. The zero-order chi connectivity index (χ0) is 12.7. The molecule has 1 N–H and O–H groups in total. The van der Waals surface area contributed by atoms with Gasteiger partial charge in [0.25, 0.3) is 18.1 Å². The van der Waals surface area contributed by atoms with Gasteiger partial charge in [-0.2, -0.15) is 0 Å². The molecule has 1 aromatic carbocycles. The number of benzene rings is 1. The number of aromatic hydroxyl groups is 1. The molecule has 0 unspecified atom stereocenters. The fourth-order valence-corrected chi connectivity index (χ4v) is 4.45. The van der Waals surface area contributed by atoms with E-state index in [4.69, 9.17) is 21.4 Å². The first-order valence-electron chi connectivity index (χ1n) is 3.77. The van der Waals surface area contributed by atoms with Crippen LogP contribution in [0.1, 0.15) is 5.56 Å². The summed E-state index contributed by atoms with van der Waals surface area (Å²) in [6.45, 7) is 1.22. The summed E-state index contributed by atoms with van der Waals surface area (Å²) in [5.74, 6) is -0.386. The molecule has 0 fully saturated rings. The van der Waals surface area contributed by atoms with Crippen molar-refractivity contribution in [1.82, 2.24) is 0 Å². The lowest BCUT2D eigenvalue weighted by molar-refractivity contribution is 0.467. The van der Waals surface area contributed by atoms with Crippen molar-refractivity contribution in [2.24, 2.45) is 0 Å². The first-order chi connectivity index (χ1) is 7.05. The fourth-order valence-electron chi connectivity index (χ4n) is 1.15. The Morgan fingerprint density at radius 2 is 1.56 bits per heavy atom. The van der Waals surface area contributed by atoms with Gasteiger partial charge in [-0.3, -0.25) is 0 Å². The monoisotopic (exact) mass is 304 g/mol. The summed E-state index contributed by atoms with van der Waals surface area (Å²) in [6.07, 6.45) is 0. The molecule has 0 spiro atoms. The van der Waals surface area contributed by atoms with Crippen LogP contribution in [-0.2, 0) is 18.1 Å². The van der Waals surface area contributed by atoms with Gasteiger partial charge in [-0.1, -0.05) is 0 Å². The van der Waals surface area contributed by atoms with Crippen LogP contribution in [0.2, 0.25) is 0 Å². The summed E-state index contributed by atoms with van der Waals surface area (Å²) in [7, 11) is 1.57. The molecule has 0 bridgehead atoms. The van der Waals surface area contributed by atoms with Crippen LogP contribution in [0.25, 0.3) is 0 Å². The molecule has 0 saturated carbocycles. The van der Waals surface area contributed by atoms with Gasteiger partial charge in [0.2, 0.25) is 0 Å². The molecule has 0 atom stereocenters. The van der Waals surface area contributed by atoms with E-state index in [-0.39, 0.29) is 11.3 Å². The lowest BCUT2D eigenvalue weighted by Crippen LogP contribution is -2.04. The molecule has 0 amide bonds. The molecule has 9 heteroatoms. The maximum Gasteiger partial charge on any atom is 0.263 e. The minimum absolute atomic E-state index is 0.170. The van der Waals surface area contributed by atoms with Crippen molar-refractivity contribution in [3.8, 4) is 5.75 Å². The van der Waals surface area contributed by atoms with E-state index in [0.29, 0.717) is 0 Å². The van der Waals surface area contributed by atoms with Crippen LogP contribution < -0.4 is 0 Å². The first kappa shape index (κ1) is 13.6. The Labute approximate surface area is 101 Å². The SMILES string of the molecule is Cc1c(O)ccc(S(=O)(=O)Cl)c1S(=O)(=O)Cl. The predicted octanol–water partition coefficient (Wildman–Crippen LogP) is 1.56. The minimum atomic E-state index is -4.32. The average molecular weight is 305 g/mol. The van der Waals surface area contributed by atoms with Crippen LogP contribution in [-0.4, -0.2) is 21.9 Å². The van der Waals surface area contributed by atoms with E-state index in [1.54, 1.807) is 0 Å². The molecule has 1 rings (SSSR count). The summed E-state index contributed by atoms with van der Waals surface area (Å²) in [6, 6.07) is 1.90. The Bertz CT molecular complexity index is 633. The number of hydrogen-bond acceptors (Lipinski definition) is 5. The van der Waals surface area contributed by atoms with E-state index >= 15 is 0 Å². The Kier molecular flexibility index (Phi) is 3.45. The van der Waals surface area contributed by atoms with Crippen molar-refractivity contribution in [2.75, 3.05) is 0 Å². The number of phenols is 1. The van der Waals surface area contributed by atoms with Crippen LogP contribution in [0.15, 0.2) is 21.9 Å². The Balaban J connectivity index is 3.88. The molecule has 0 aromatic heterocycles. The van der Waals surface area contributed by atoms with E-state index < -0.39 is 27.9 Å². The summed E-state index contributed by atoms with van der Waals surface area (Å²) < 4.78 is 44.7. The molecular formula is C7H6Cl2O5S2. The standard InChI is InChI=1S/C7H6Cl2O5S2/c1-4-5(10)2-3-6(15(8,11)12)7(4)16(9,13)14/h2-3,10H,1H3. The van der Waals surface area contributed by atoms with Gasteiger partial charge in [-0.15, -0.1) is 0 Å². The number of halogens is 2. The molecule has 0 heterocycles. The first-order valence-corrected chi connectivity index (χ1v) is 8.39. The van der Waals surface area contributed by atoms with Gasteiger partial charge < -0.3 is 5.11 Å². The number of phenolic OH excluding ortho intramolecular Hbond substituents is 1. The molecule has 5 nitrogen and oxygen atoms in total. The van der Waals surface area contributed by atoms with Crippen molar-refractivity contribution in [2.45, 2.75) is 16.7 Å². The third kappa shape index (κ3) is 2.60. The van der Waals surface area contributed by atoms with Gasteiger partial charge in [0.05, 0.1) is 0 Å². The van der Waals surface area contributed by atoms with Crippen LogP contribution in [0.3, 0.4) is 0 Å². The smallest absolute Gasteiger partial charge is 0.263 e. The van der Waals surface area contributed by atoms with E-state index in [1.807, 2.05) is 0 Å². The summed E-state index contributed by atoms with van der Waals surface area (Å²) in [4.78, 5) is -1.36. The third-order valence-electron chi connectivity index (χ3n) is 1.85. The van der Waals surface area contributed by atoms with Crippen LogP contribution in [0.4, 0.5) is 0 Å². The maximum atomic E-state index is 11.2. The molecule has 1 aromatic rings. The van der Waals surface area contributed by atoms with Crippen LogP contribution in [0, 0.1) is 6.92 Å². The quantitative estimate of drug-likeness (QED) is 0.838. The summed E-state index contributed by atoms with van der Waals surface area (Å²) >= 11 is 0. The molecule has 0 radical (unpaired) electrons. The predicted molar refractivity (Wildman–Crippen MR) is 58.9 cm³/mol. The second kappa shape index (κ2) is 4.06. The average Bonchev–Trinajstić information content (AvgIpc) is 2.05. The van der Waals surface area contributed by atoms with Crippen LogP contribution in [0.5, 0.6) is 5.75 Å². The van der Waals surface area contributed by atoms with Crippen molar-refractivity contribution < 1.29 is 21.9 Å². The number of hydrogen-bond donors (Lipinski definition) is 1. The van der Waals surface area contributed by atoms with E-state index in [0.717, 1.165) is 12.1 Å². The zero-order valence-electron chi connectivity index (χ0n) is 7.81. The molecule has 0 aliphatic carbocycles. The highest BCUT2D eigenvalue weighted by atomic mass is 35.7. The maximum absolute atomic E-state index is 11.2. The highest BCUT2D eigenvalue weighted by Gasteiger charge is 2.27. The van der Waals surface area contributed by atoms with Crippen molar-refractivity contribution in [3.63, 3.8) is 0 Å². The van der Waals surface area contributed by atoms with Gasteiger partial charge in [0, 0.05) is 26.9 Å². The third-order valence-corrected chi connectivity index (χ3v) is 4.82. The minimum Gasteiger partial charge on any atom is -0.508 e. The van der Waals surface area contributed by atoms with Gasteiger partial charge in [-0.05, 0) is 19.1 Å². The molecule has 0 aliphatic heterocycles.